The van der Waals surface area contributed by atoms with Crippen LogP contribution in [0.25, 0.3) is 0 Å². The molecule has 0 aromatic heterocycles. The van der Waals surface area contributed by atoms with Crippen LogP contribution in [0.5, 0.6) is 0 Å². The van der Waals surface area contributed by atoms with Gasteiger partial charge in [-0.05, 0) is 12.3 Å². The van der Waals surface area contributed by atoms with Crippen molar-refractivity contribution >= 4 is 63.3 Å². The van der Waals surface area contributed by atoms with E-state index in [9.17, 15) is 9.59 Å². The van der Waals surface area contributed by atoms with E-state index in [1.54, 1.807) is 0 Å². The molecule has 0 bridgehead atoms. The van der Waals surface area contributed by atoms with E-state index in [4.69, 9.17) is 10.2 Å². The molecule has 1 unspecified atom stereocenters. The monoisotopic (exact) mass is 396 g/mol. The summed E-state index contributed by atoms with van der Waals surface area (Å²) in [4.78, 5) is 22.2. The van der Waals surface area contributed by atoms with Gasteiger partial charge in [0.25, 0.3) is 0 Å². The Morgan fingerprint density at radius 2 is 1.04 bits per heavy atom. The Hall–Kier alpha value is 0.576. The Labute approximate surface area is 203 Å². The molecule has 0 rings (SSSR count). The van der Waals surface area contributed by atoms with Crippen molar-refractivity contribution in [2.45, 2.75) is 110 Å². The summed E-state index contributed by atoms with van der Waals surface area (Å²) in [5.74, 6) is -3.41. The molecule has 0 saturated carbocycles. The Balaban J connectivity index is 0. The predicted molar refractivity (Wildman–Crippen MR) is 110 cm³/mol. The van der Waals surface area contributed by atoms with Crippen LogP contribution in [-0.2, 0) is 9.59 Å². The maximum atomic E-state index is 11.1. The topological polar surface area (TPSA) is 74.6 Å². The van der Waals surface area contributed by atoms with Crippen molar-refractivity contribution in [2.24, 2.45) is 11.8 Å². The van der Waals surface area contributed by atoms with Crippen LogP contribution in [0.4, 0.5) is 0 Å². The molecule has 0 aromatic carbocycles. The van der Waals surface area contributed by atoms with E-state index in [2.05, 4.69) is 13.8 Å². The van der Waals surface area contributed by atoms with E-state index in [1.807, 2.05) is 0 Å². The summed E-state index contributed by atoms with van der Waals surface area (Å²) in [6, 6.07) is 0. The number of unbranched alkanes of at least 4 members (excludes halogenated alkanes) is 10. The standard InChI is InChI=1S/C21H40O4.K.H/c1-3-5-7-8-9-10-11-12-13-14-16-18(15-6-4-2)17-19(20(22)23)21(24)25;;/h18-19H,3-17H2,1-2H3,(H,22,23)(H,24,25);;. The molecule has 5 heteroatoms. The molecule has 0 aliphatic carbocycles. The van der Waals surface area contributed by atoms with Gasteiger partial charge in [0, 0.05) is 0 Å². The first kappa shape index (κ1) is 28.8. The third-order valence-electron chi connectivity index (χ3n) is 5.10. The normalized spacial score (nSPS) is 12.0. The van der Waals surface area contributed by atoms with E-state index < -0.39 is 17.9 Å². The molecule has 2 N–H and O–H groups in total. The van der Waals surface area contributed by atoms with Crippen LogP contribution < -0.4 is 0 Å². The van der Waals surface area contributed by atoms with E-state index in [-0.39, 0.29) is 63.7 Å². The van der Waals surface area contributed by atoms with Crippen molar-refractivity contribution in [3.05, 3.63) is 0 Å². The van der Waals surface area contributed by atoms with Gasteiger partial charge in [-0.1, -0.05) is 104 Å². The van der Waals surface area contributed by atoms with Crippen LogP contribution >= 0.6 is 0 Å². The predicted octanol–water partition coefficient (Wildman–Crippen LogP) is 5.63. The van der Waals surface area contributed by atoms with Crippen molar-refractivity contribution in [3.8, 4) is 0 Å². The van der Waals surface area contributed by atoms with Crippen LogP contribution in [0.2, 0.25) is 0 Å². The molecule has 0 aromatic rings. The van der Waals surface area contributed by atoms with E-state index in [1.165, 1.54) is 57.8 Å². The molecule has 0 amide bonds. The van der Waals surface area contributed by atoms with Crippen molar-refractivity contribution in [1.82, 2.24) is 0 Å². The van der Waals surface area contributed by atoms with Crippen LogP contribution in [-0.4, -0.2) is 73.5 Å². The molecule has 0 radical (unpaired) electrons. The second-order valence-electron chi connectivity index (χ2n) is 7.44. The molecule has 0 spiro atoms. The van der Waals surface area contributed by atoms with Gasteiger partial charge in [-0.25, -0.2) is 0 Å². The Morgan fingerprint density at radius 1 is 0.654 bits per heavy atom. The zero-order valence-electron chi connectivity index (χ0n) is 16.5. The van der Waals surface area contributed by atoms with Gasteiger partial charge >= 0.3 is 63.3 Å². The van der Waals surface area contributed by atoms with Crippen LogP contribution in [0, 0.1) is 11.8 Å². The molecule has 150 valence electrons. The summed E-state index contributed by atoms with van der Waals surface area (Å²) >= 11 is 0. The number of hydrogen-bond acceptors (Lipinski definition) is 2. The van der Waals surface area contributed by atoms with Crippen LogP contribution in [0.3, 0.4) is 0 Å². The zero-order valence-corrected chi connectivity index (χ0v) is 16.5. The van der Waals surface area contributed by atoms with Crippen molar-refractivity contribution in [3.63, 3.8) is 0 Å². The molecule has 0 fully saturated rings. The molecule has 26 heavy (non-hydrogen) atoms. The first-order valence-electron chi connectivity index (χ1n) is 10.5. The number of carbonyl (C=O) groups is 2. The first-order chi connectivity index (χ1) is 12.0. The Morgan fingerprint density at radius 3 is 1.46 bits per heavy atom. The Bertz CT molecular complexity index is 333. The number of hydrogen-bond donors (Lipinski definition) is 2. The summed E-state index contributed by atoms with van der Waals surface area (Å²) in [6.07, 6.45) is 17.2. The summed E-state index contributed by atoms with van der Waals surface area (Å²) in [5.41, 5.74) is 0. The van der Waals surface area contributed by atoms with Gasteiger partial charge in [0.15, 0.2) is 5.92 Å². The Kier molecular flexibility index (Phi) is 22.5. The number of aliphatic carboxylic acids is 2. The molecule has 0 heterocycles. The van der Waals surface area contributed by atoms with Gasteiger partial charge in [0.1, 0.15) is 0 Å². The van der Waals surface area contributed by atoms with Gasteiger partial charge in [0.05, 0.1) is 0 Å². The molecule has 4 nitrogen and oxygen atoms in total. The molecular weight excluding hydrogens is 355 g/mol. The molecular formula is C21H41KO4. The number of carboxylic acid groups (broad SMARTS) is 2. The average Bonchev–Trinajstić information content (AvgIpc) is 2.57. The minimum atomic E-state index is -1.25. The number of carboxylic acids is 2. The van der Waals surface area contributed by atoms with Gasteiger partial charge in [-0.2, -0.15) is 0 Å². The second kappa shape index (κ2) is 20.3. The molecule has 0 aliphatic rings. The van der Waals surface area contributed by atoms with Crippen LogP contribution in [0.15, 0.2) is 0 Å². The fraction of sp³-hybridized carbons (Fsp3) is 0.905. The summed E-state index contributed by atoms with van der Waals surface area (Å²) < 4.78 is 0. The van der Waals surface area contributed by atoms with Crippen molar-refractivity contribution in [2.75, 3.05) is 0 Å². The fourth-order valence-electron chi connectivity index (χ4n) is 3.43. The third kappa shape index (κ3) is 16.7. The molecule has 1 atom stereocenters. The summed E-state index contributed by atoms with van der Waals surface area (Å²) in [6.45, 7) is 4.35. The minimum absolute atomic E-state index is 0. The van der Waals surface area contributed by atoms with E-state index >= 15 is 0 Å². The maximum absolute atomic E-state index is 11.1. The van der Waals surface area contributed by atoms with Gasteiger partial charge in [-0.3, -0.25) is 9.59 Å². The van der Waals surface area contributed by atoms with E-state index in [0.29, 0.717) is 0 Å². The van der Waals surface area contributed by atoms with Crippen molar-refractivity contribution < 1.29 is 19.8 Å². The average molecular weight is 397 g/mol. The SMILES string of the molecule is CCCCCCCCCCCCC(CCCC)CC(C(=O)O)C(=O)O.[KH]. The van der Waals surface area contributed by atoms with Gasteiger partial charge in [-0.15, -0.1) is 0 Å². The van der Waals surface area contributed by atoms with Crippen LogP contribution in [0.1, 0.15) is 110 Å². The summed E-state index contributed by atoms with van der Waals surface area (Å²) in [5, 5.41) is 18.2. The van der Waals surface area contributed by atoms with Gasteiger partial charge < -0.3 is 10.2 Å². The van der Waals surface area contributed by atoms with E-state index in [0.717, 1.165) is 32.1 Å². The molecule has 0 saturated heterocycles. The molecule has 0 aliphatic heterocycles. The third-order valence-corrected chi connectivity index (χ3v) is 5.10. The second-order valence-corrected chi connectivity index (χ2v) is 7.44. The zero-order chi connectivity index (χ0) is 18.9. The fourth-order valence-corrected chi connectivity index (χ4v) is 3.43. The quantitative estimate of drug-likeness (QED) is 0.179. The van der Waals surface area contributed by atoms with Gasteiger partial charge in [0.2, 0.25) is 0 Å². The van der Waals surface area contributed by atoms with Crippen molar-refractivity contribution in [1.29, 1.82) is 0 Å². The first-order valence-corrected chi connectivity index (χ1v) is 10.5. The number of rotatable bonds is 18. The summed E-state index contributed by atoms with van der Waals surface area (Å²) in [7, 11) is 0.